The van der Waals surface area contributed by atoms with Crippen molar-refractivity contribution in [1.82, 2.24) is 4.72 Å². The summed E-state index contributed by atoms with van der Waals surface area (Å²) < 4.78 is 37.0. The minimum Gasteiger partial charge on any atom is -0.465 e. The standard InChI is InChI=1S/C13H21NO6S/c1-8-10(12(16)19-5)11(9(2)20-8)21(17,18)14-6-13(3,4)7-15/h14-15H,6-7H2,1-5H3. The number of carbonyl (C=O) groups is 1. The Labute approximate surface area is 124 Å². The first-order valence-corrected chi connectivity index (χ1v) is 7.83. The summed E-state index contributed by atoms with van der Waals surface area (Å²) in [5.74, 6) is -0.477. The lowest BCUT2D eigenvalue weighted by molar-refractivity contribution is 0.0595. The van der Waals surface area contributed by atoms with Gasteiger partial charge in [0.25, 0.3) is 0 Å². The first-order chi connectivity index (χ1) is 9.55. The molecule has 120 valence electrons. The Kier molecular flexibility index (Phi) is 5.19. The molecule has 2 N–H and O–H groups in total. The Hall–Kier alpha value is -1.38. The van der Waals surface area contributed by atoms with Crippen LogP contribution in [0.15, 0.2) is 9.31 Å². The summed E-state index contributed by atoms with van der Waals surface area (Å²) in [5.41, 5.74) is -0.727. The minimum absolute atomic E-state index is 0.0239. The Bertz CT molecular complexity index is 629. The molecule has 21 heavy (non-hydrogen) atoms. The van der Waals surface area contributed by atoms with Crippen LogP contribution in [0.4, 0.5) is 0 Å². The summed E-state index contributed by atoms with van der Waals surface area (Å²) in [6.45, 7) is 6.23. The molecule has 0 aromatic carbocycles. The van der Waals surface area contributed by atoms with Gasteiger partial charge in [-0.3, -0.25) is 0 Å². The Morgan fingerprint density at radius 1 is 1.33 bits per heavy atom. The van der Waals surface area contributed by atoms with Gasteiger partial charge < -0.3 is 14.3 Å². The highest BCUT2D eigenvalue weighted by Crippen LogP contribution is 2.27. The Morgan fingerprint density at radius 2 is 1.90 bits per heavy atom. The lowest BCUT2D eigenvalue weighted by Gasteiger charge is -2.21. The van der Waals surface area contributed by atoms with Crippen LogP contribution in [0.25, 0.3) is 0 Å². The molecule has 0 bridgehead atoms. The van der Waals surface area contributed by atoms with E-state index in [2.05, 4.69) is 9.46 Å². The van der Waals surface area contributed by atoms with Crippen LogP contribution in [0, 0.1) is 19.3 Å². The van der Waals surface area contributed by atoms with Crippen molar-refractivity contribution in [3.8, 4) is 0 Å². The molecule has 0 spiro atoms. The normalized spacial score (nSPS) is 12.5. The van der Waals surface area contributed by atoms with E-state index in [1.807, 2.05) is 0 Å². The smallest absolute Gasteiger partial charge is 0.342 e. The number of methoxy groups -OCH3 is 1. The van der Waals surface area contributed by atoms with Crippen LogP contribution < -0.4 is 4.72 Å². The number of esters is 1. The number of sulfonamides is 1. The van der Waals surface area contributed by atoms with E-state index in [9.17, 15) is 18.3 Å². The van der Waals surface area contributed by atoms with Gasteiger partial charge in [0.05, 0.1) is 7.11 Å². The molecule has 0 radical (unpaired) electrons. The fourth-order valence-electron chi connectivity index (χ4n) is 1.74. The van der Waals surface area contributed by atoms with E-state index < -0.39 is 21.4 Å². The van der Waals surface area contributed by atoms with Crippen LogP contribution in [0.5, 0.6) is 0 Å². The van der Waals surface area contributed by atoms with Crippen molar-refractivity contribution in [1.29, 1.82) is 0 Å². The second-order valence-corrected chi connectivity index (χ2v) is 7.26. The van der Waals surface area contributed by atoms with Gasteiger partial charge in [-0.15, -0.1) is 0 Å². The summed E-state index contributed by atoms with van der Waals surface area (Å²) >= 11 is 0. The monoisotopic (exact) mass is 319 g/mol. The molecular formula is C13H21NO6S. The molecule has 0 fully saturated rings. The lowest BCUT2D eigenvalue weighted by Crippen LogP contribution is -2.36. The van der Waals surface area contributed by atoms with Crippen LogP contribution >= 0.6 is 0 Å². The summed E-state index contributed by atoms with van der Waals surface area (Å²) in [6, 6.07) is 0. The maximum absolute atomic E-state index is 12.4. The maximum atomic E-state index is 12.4. The van der Waals surface area contributed by atoms with Gasteiger partial charge >= 0.3 is 5.97 Å². The summed E-state index contributed by atoms with van der Waals surface area (Å²) in [5, 5.41) is 9.17. The number of carbonyl (C=O) groups excluding carboxylic acids is 1. The molecule has 7 nitrogen and oxygen atoms in total. The highest BCUT2D eigenvalue weighted by molar-refractivity contribution is 7.89. The minimum atomic E-state index is -3.95. The highest BCUT2D eigenvalue weighted by atomic mass is 32.2. The number of aryl methyl sites for hydroxylation is 2. The van der Waals surface area contributed by atoms with E-state index in [-0.39, 0.29) is 35.1 Å². The van der Waals surface area contributed by atoms with Crippen molar-refractivity contribution in [2.45, 2.75) is 32.6 Å². The third-order valence-corrected chi connectivity index (χ3v) is 4.59. The first kappa shape index (κ1) is 17.7. The van der Waals surface area contributed by atoms with Crippen LogP contribution in [0.1, 0.15) is 35.7 Å². The third-order valence-electron chi connectivity index (χ3n) is 3.03. The van der Waals surface area contributed by atoms with Gasteiger partial charge in [0, 0.05) is 18.6 Å². The number of aliphatic hydroxyl groups excluding tert-OH is 1. The van der Waals surface area contributed by atoms with E-state index in [4.69, 9.17) is 4.42 Å². The number of aliphatic hydroxyl groups is 1. The second kappa shape index (κ2) is 6.17. The maximum Gasteiger partial charge on any atom is 0.342 e. The van der Waals surface area contributed by atoms with E-state index >= 15 is 0 Å². The van der Waals surface area contributed by atoms with E-state index in [1.165, 1.54) is 21.0 Å². The predicted molar refractivity (Wildman–Crippen MR) is 75.6 cm³/mol. The topological polar surface area (TPSA) is 106 Å². The van der Waals surface area contributed by atoms with Crippen molar-refractivity contribution in [3.63, 3.8) is 0 Å². The highest BCUT2D eigenvalue weighted by Gasteiger charge is 2.32. The van der Waals surface area contributed by atoms with E-state index in [0.717, 1.165) is 0 Å². The number of nitrogens with one attached hydrogen (secondary N) is 1. The molecule has 1 heterocycles. The molecule has 1 aromatic heterocycles. The fourth-order valence-corrected chi connectivity index (χ4v) is 3.38. The molecule has 0 aliphatic rings. The van der Waals surface area contributed by atoms with Gasteiger partial charge in [-0.2, -0.15) is 0 Å². The largest absolute Gasteiger partial charge is 0.465 e. The molecule has 0 saturated heterocycles. The van der Waals surface area contributed by atoms with Gasteiger partial charge in [0.1, 0.15) is 22.0 Å². The summed E-state index contributed by atoms with van der Waals surface area (Å²) in [7, 11) is -2.79. The SMILES string of the molecule is COC(=O)c1c(C)oc(C)c1S(=O)(=O)NCC(C)(C)CO. The van der Waals surface area contributed by atoms with E-state index in [1.54, 1.807) is 13.8 Å². The van der Waals surface area contributed by atoms with Gasteiger partial charge in [-0.1, -0.05) is 13.8 Å². The van der Waals surface area contributed by atoms with Crippen LogP contribution in [-0.2, 0) is 14.8 Å². The zero-order chi connectivity index (χ0) is 16.4. The van der Waals surface area contributed by atoms with Crippen molar-refractivity contribution in [2.24, 2.45) is 5.41 Å². The number of hydrogen-bond donors (Lipinski definition) is 2. The van der Waals surface area contributed by atoms with Crippen molar-refractivity contribution in [3.05, 3.63) is 17.1 Å². The quantitative estimate of drug-likeness (QED) is 0.757. The fraction of sp³-hybridized carbons (Fsp3) is 0.615. The zero-order valence-corrected chi connectivity index (χ0v) is 13.6. The molecule has 0 unspecified atom stereocenters. The predicted octanol–water partition coefficient (Wildman–Crippen LogP) is 0.980. The first-order valence-electron chi connectivity index (χ1n) is 6.34. The molecule has 0 amide bonds. The average molecular weight is 319 g/mol. The molecule has 0 saturated carbocycles. The number of rotatable bonds is 6. The molecule has 0 aliphatic carbocycles. The Morgan fingerprint density at radius 3 is 2.38 bits per heavy atom. The summed E-state index contributed by atoms with van der Waals surface area (Å²) in [6.07, 6.45) is 0. The molecule has 1 aromatic rings. The molecular weight excluding hydrogens is 298 g/mol. The Balaban J connectivity index is 3.23. The van der Waals surface area contributed by atoms with Crippen LogP contribution in [-0.4, -0.2) is 39.8 Å². The third kappa shape index (κ3) is 3.84. The van der Waals surface area contributed by atoms with Crippen LogP contribution in [0.2, 0.25) is 0 Å². The van der Waals surface area contributed by atoms with Gasteiger partial charge in [-0.05, 0) is 13.8 Å². The van der Waals surface area contributed by atoms with Crippen molar-refractivity contribution >= 4 is 16.0 Å². The number of hydrogen-bond acceptors (Lipinski definition) is 6. The van der Waals surface area contributed by atoms with Crippen molar-refractivity contribution in [2.75, 3.05) is 20.3 Å². The number of furan rings is 1. The van der Waals surface area contributed by atoms with Gasteiger partial charge in [0.2, 0.25) is 10.0 Å². The lowest BCUT2D eigenvalue weighted by atomic mass is 9.96. The van der Waals surface area contributed by atoms with Crippen LogP contribution in [0.3, 0.4) is 0 Å². The molecule has 0 aliphatic heterocycles. The molecule has 8 heteroatoms. The van der Waals surface area contributed by atoms with Crippen molar-refractivity contribution < 1.29 is 27.5 Å². The zero-order valence-electron chi connectivity index (χ0n) is 12.8. The number of ether oxygens (including phenoxy) is 1. The average Bonchev–Trinajstić information content (AvgIpc) is 2.71. The van der Waals surface area contributed by atoms with Gasteiger partial charge in [-0.25, -0.2) is 17.9 Å². The van der Waals surface area contributed by atoms with Gasteiger partial charge in [0.15, 0.2) is 0 Å². The second-order valence-electron chi connectivity index (χ2n) is 5.56. The molecule has 0 atom stereocenters. The van der Waals surface area contributed by atoms with E-state index in [0.29, 0.717) is 0 Å². The molecule has 1 rings (SSSR count). The summed E-state index contributed by atoms with van der Waals surface area (Å²) in [4.78, 5) is 11.5.